The van der Waals surface area contributed by atoms with Gasteiger partial charge in [-0.1, -0.05) is 12.1 Å². The number of benzene rings is 2. The molecule has 0 amide bonds. The Morgan fingerprint density at radius 2 is 1.52 bits per heavy atom. The van der Waals surface area contributed by atoms with Crippen LogP contribution in [-0.4, -0.2) is 15.0 Å². The Bertz CT molecular complexity index is 855. The number of halogens is 4. The molecule has 0 aromatic heterocycles. The molecule has 1 aliphatic carbocycles. The molecule has 3 nitrogen and oxygen atoms in total. The van der Waals surface area contributed by atoms with Crippen LogP contribution in [0.3, 0.4) is 0 Å². The lowest BCUT2D eigenvalue weighted by Gasteiger charge is -2.17. The Morgan fingerprint density at radius 3 is 2.00 bits per heavy atom. The number of hydrogen-bond donors (Lipinski definition) is 1. The molecule has 2 aromatic carbocycles. The molecule has 1 N–H and O–H groups in total. The van der Waals surface area contributed by atoms with E-state index in [1.54, 1.807) is 12.1 Å². The summed E-state index contributed by atoms with van der Waals surface area (Å²) in [6, 6.07) is 9.22. The van der Waals surface area contributed by atoms with Crippen molar-refractivity contribution >= 4 is 10.0 Å². The number of alkyl halides is 3. The Morgan fingerprint density at radius 1 is 0.960 bits per heavy atom. The summed E-state index contributed by atoms with van der Waals surface area (Å²) in [4.78, 5) is -0.226. The van der Waals surface area contributed by atoms with E-state index in [2.05, 4.69) is 4.72 Å². The molecule has 2 aromatic rings. The summed E-state index contributed by atoms with van der Waals surface area (Å²) in [5.41, 5.74) is -0.451. The van der Waals surface area contributed by atoms with Gasteiger partial charge in [0.1, 0.15) is 5.82 Å². The molecule has 25 heavy (non-hydrogen) atoms. The molecule has 0 aliphatic heterocycles. The predicted molar refractivity (Wildman–Crippen MR) is 83.9 cm³/mol. The van der Waals surface area contributed by atoms with Gasteiger partial charge in [-0.25, -0.2) is 17.5 Å². The molecule has 0 spiro atoms. The number of hydrogen-bond acceptors (Lipinski definition) is 2. The first-order chi connectivity index (χ1) is 11.6. The molecule has 0 radical (unpaired) electrons. The van der Waals surface area contributed by atoms with Crippen molar-refractivity contribution in [1.29, 1.82) is 0 Å². The van der Waals surface area contributed by atoms with Crippen molar-refractivity contribution in [3.8, 4) is 0 Å². The molecule has 1 fully saturated rings. The quantitative estimate of drug-likeness (QED) is 0.809. The van der Waals surface area contributed by atoms with Crippen molar-refractivity contribution in [3.63, 3.8) is 0 Å². The van der Waals surface area contributed by atoms with Gasteiger partial charge in [0, 0.05) is 12.0 Å². The Labute approximate surface area is 142 Å². The highest BCUT2D eigenvalue weighted by Crippen LogP contribution is 2.47. The van der Waals surface area contributed by atoms with Crippen LogP contribution >= 0.6 is 0 Å². The summed E-state index contributed by atoms with van der Waals surface area (Å²) in [5.74, 6) is -0.370. The first-order valence-electron chi connectivity index (χ1n) is 7.55. The van der Waals surface area contributed by atoms with E-state index in [1.807, 2.05) is 0 Å². The molecule has 0 bridgehead atoms. The van der Waals surface area contributed by atoms with Crippen LogP contribution < -0.4 is 4.72 Å². The molecule has 3 rings (SSSR count). The lowest BCUT2D eigenvalue weighted by atomic mass is 9.96. The van der Waals surface area contributed by atoms with Crippen LogP contribution in [0.2, 0.25) is 0 Å². The van der Waals surface area contributed by atoms with Crippen molar-refractivity contribution in [1.82, 2.24) is 4.72 Å². The molecule has 134 valence electrons. The topological polar surface area (TPSA) is 46.2 Å². The highest BCUT2D eigenvalue weighted by molar-refractivity contribution is 7.89. The summed E-state index contributed by atoms with van der Waals surface area (Å²) >= 11 is 0. The average Bonchev–Trinajstić information content (AvgIpc) is 3.34. The van der Waals surface area contributed by atoms with Gasteiger partial charge in [0.15, 0.2) is 0 Å². The zero-order chi connectivity index (χ0) is 18.3. The first kappa shape index (κ1) is 17.9. The molecule has 0 atom stereocenters. The number of sulfonamides is 1. The third kappa shape index (κ3) is 3.85. The average molecular weight is 373 g/mol. The van der Waals surface area contributed by atoms with Gasteiger partial charge in [-0.05, 0) is 54.8 Å². The van der Waals surface area contributed by atoms with Crippen LogP contribution in [0.25, 0.3) is 0 Å². The molecular weight excluding hydrogens is 358 g/mol. The molecule has 8 heteroatoms. The van der Waals surface area contributed by atoms with Gasteiger partial charge in [0.2, 0.25) is 10.0 Å². The van der Waals surface area contributed by atoms with Crippen LogP contribution in [0.1, 0.15) is 24.0 Å². The van der Waals surface area contributed by atoms with Gasteiger partial charge in [0.05, 0.1) is 10.5 Å². The normalized spacial score (nSPS) is 16.6. The zero-order valence-electron chi connectivity index (χ0n) is 13.0. The number of nitrogens with one attached hydrogen (secondary N) is 1. The zero-order valence-corrected chi connectivity index (χ0v) is 13.8. The van der Waals surface area contributed by atoms with Crippen LogP contribution in [0, 0.1) is 5.82 Å². The molecule has 1 aliphatic rings. The monoisotopic (exact) mass is 373 g/mol. The molecule has 1 saturated carbocycles. The van der Waals surface area contributed by atoms with Gasteiger partial charge in [0.25, 0.3) is 0 Å². The summed E-state index contributed by atoms with van der Waals surface area (Å²) in [5, 5.41) is 0. The Kier molecular flexibility index (Phi) is 4.36. The Hall–Kier alpha value is -1.93. The van der Waals surface area contributed by atoms with E-state index in [0.717, 1.165) is 42.7 Å². The van der Waals surface area contributed by atoms with Crippen molar-refractivity contribution in [2.45, 2.75) is 29.3 Å². The maximum atomic E-state index is 13.0. The van der Waals surface area contributed by atoms with E-state index < -0.39 is 21.8 Å². The lowest BCUT2D eigenvalue weighted by molar-refractivity contribution is -0.137. The smallest absolute Gasteiger partial charge is 0.210 e. The molecule has 0 saturated heterocycles. The van der Waals surface area contributed by atoms with Crippen molar-refractivity contribution in [2.75, 3.05) is 6.54 Å². The fraction of sp³-hybridized carbons (Fsp3) is 0.294. The van der Waals surface area contributed by atoms with Crippen LogP contribution in [0.4, 0.5) is 17.6 Å². The van der Waals surface area contributed by atoms with Crippen LogP contribution in [0.15, 0.2) is 53.4 Å². The van der Waals surface area contributed by atoms with E-state index in [-0.39, 0.29) is 22.7 Å². The minimum atomic E-state index is -4.52. The van der Waals surface area contributed by atoms with E-state index in [0.29, 0.717) is 0 Å². The second-order valence-electron chi connectivity index (χ2n) is 6.13. The van der Waals surface area contributed by atoms with Crippen LogP contribution in [0.5, 0.6) is 0 Å². The van der Waals surface area contributed by atoms with E-state index >= 15 is 0 Å². The van der Waals surface area contributed by atoms with Gasteiger partial charge < -0.3 is 0 Å². The minimum Gasteiger partial charge on any atom is -0.210 e. The Balaban J connectivity index is 1.73. The van der Waals surface area contributed by atoms with Crippen LogP contribution in [-0.2, 0) is 21.6 Å². The third-order valence-corrected chi connectivity index (χ3v) is 5.82. The van der Waals surface area contributed by atoms with Gasteiger partial charge in [-0.15, -0.1) is 0 Å². The fourth-order valence-corrected chi connectivity index (χ4v) is 3.79. The summed E-state index contributed by atoms with van der Waals surface area (Å²) in [6.07, 6.45) is -3.00. The maximum absolute atomic E-state index is 13.0. The van der Waals surface area contributed by atoms with E-state index in [1.165, 1.54) is 12.1 Å². The number of rotatable bonds is 5. The summed E-state index contributed by atoms with van der Waals surface area (Å²) < 4.78 is 77.7. The summed E-state index contributed by atoms with van der Waals surface area (Å²) in [6.45, 7) is 0.113. The summed E-state index contributed by atoms with van der Waals surface area (Å²) in [7, 11) is -3.92. The van der Waals surface area contributed by atoms with Crippen molar-refractivity contribution < 1.29 is 26.0 Å². The van der Waals surface area contributed by atoms with Gasteiger partial charge in [-0.2, -0.15) is 13.2 Å². The molecule has 0 unspecified atom stereocenters. The van der Waals surface area contributed by atoms with E-state index in [9.17, 15) is 26.0 Å². The highest BCUT2D eigenvalue weighted by Gasteiger charge is 2.44. The largest absolute Gasteiger partial charge is 0.416 e. The van der Waals surface area contributed by atoms with E-state index in [4.69, 9.17) is 0 Å². The second-order valence-corrected chi connectivity index (χ2v) is 7.90. The third-order valence-electron chi connectivity index (χ3n) is 4.40. The fourth-order valence-electron chi connectivity index (χ4n) is 2.66. The van der Waals surface area contributed by atoms with Crippen molar-refractivity contribution in [3.05, 3.63) is 65.5 Å². The maximum Gasteiger partial charge on any atom is 0.416 e. The predicted octanol–water partition coefficient (Wildman–Crippen LogP) is 3.85. The van der Waals surface area contributed by atoms with Crippen molar-refractivity contribution in [2.24, 2.45) is 0 Å². The first-order valence-corrected chi connectivity index (χ1v) is 9.04. The standard InChI is InChI=1S/C17H15F4NO2S/c18-14-5-1-12(2-6-14)16(9-10-16)11-22-25(23,24)15-7-3-13(4-8-15)17(19,20)21/h1-8,22H,9-11H2. The SMILES string of the molecule is O=S(=O)(NCC1(c2ccc(F)cc2)CC1)c1ccc(C(F)(F)F)cc1. The molecular formula is C17H15F4NO2S. The van der Waals surface area contributed by atoms with Gasteiger partial charge >= 0.3 is 6.18 Å². The highest BCUT2D eigenvalue weighted by atomic mass is 32.2. The molecule has 0 heterocycles. The lowest BCUT2D eigenvalue weighted by Crippen LogP contribution is -2.32. The van der Waals surface area contributed by atoms with Gasteiger partial charge in [-0.3, -0.25) is 0 Å². The minimum absolute atomic E-state index is 0.113. The second kappa shape index (κ2) is 6.10.